The van der Waals surface area contributed by atoms with Gasteiger partial charge in [0.2, 0.25) is 5.91 Å². The molecule has 2 aromatic rings. The lowest BCUT2D eigenvalue weighted by Gasteiger charge is -2.12. The van der Waals surface area contributed by atoms with Crippen LogP contribution in [0.2, 0.25) is 0 Å². The average molecular weight is 454 g/mol. The highest BCUT2D eigenvalue weighted by molar-refractivity contribution is 9.10. The monoisotopic (exact) mass is 453 g/mol. The smallest absolute Gasteiger partial charge is 0.341 e. The number of thioether (sulfide) groups is 1. The Morgan fingerprint density at radius 1 is 1.23 bits per heavy atom. The number of ether oxygens (including phenoxy) is 1. The summed E-state index contributed by atoms with van der Waals surface area (Å²) >= 11 is 6.39. The molecule has 1 N–H and O–H groups in total. The van der Waals surface area contributed by atoms with Crippen molar-refractivity contribution in [2.75, 3.05) is 17.7 Å². The number of aryl methyl sites for hydroxylation is 1. The van der Waals surface area contributed by atoms with Crippen LogP contribution in [0.15, 0.2) is 33.6 Å². The van der Waals surface area contributed by atoms with Gasteiger partial charge in [-0.1, -0.05) is 15.9 Å². The van der Waals surface area contributed by atoms with Crippen LogP contribution in [0, 0.1) is 0 Å². The number of nitrogens with one attached hydrogen (secondary N) is 1. The van der Waals surface area contributed by atoms with E-state index in [1.165, 1.54) is 28.0 Å². The number of carbonyl (C=O) groups excluding carboxylic acids is 2. The summed E-state index contributed by atoms with van der Waals surface area (Å²) in [5.74, 6) is -0.142. The van der Waals surface area contributed by atoms with Gasteiger partial charge in [-0.2, -0.15) is 0 Å². The zero-order valence-corrected chi connectivity index (χ0v) is 17.7. The molecular weight excluding hydrogens is 434 g/mol. The molecule has 0 saturated carbocycles. The van der Waals surface area contributed by atoms with Gasteiger partial charge in [0.25, 0.3) is 0 Å². The van der Waals surface area contributed by atoms with Gasteiger partial charge in [0, 0.05) is 14.2 Å². The number of halogens is 1. The second-order valence-electron chi connectivity index (χ2n) is 5.93. The molecule has 0 radical (unpaired) electrons. The minimum Gasteiger partial charge on any atom is -0.462 e. The van der Waals surface area contributed by atoms with Crippen molar-refractivity contribution in [1.29, 1.82) is 0 Å². The molecule has 0 saturated heterocycles. The average Bonchev–Trinajstić information content (AvgIpc) is 2.99. The lowest BCUT2D eigenvalue weighted by Crippen LogP contribution is -2.17. The first kappa shape index (κ1) is 19.5. The number of benzene rings is 1. The van der Waals surface area contributed by atoms with Crippen molar-refractivity contribution in [3.8, 4) is 0 Å². The quantitative estimate of drug-likeness (QED) is 0.476. The van der Waals surface area contributed by atoms with Crippen LogP contribution in [0.3, 0.4) is 0 Å². The van der Waals surface area contributed by atoms with Crippen molar-refractivity contribution < 1.29 is 14.3 Å². The fraction of sp³-hybridized carbons (Fsp3) is 0.368. The van der Waals surface area contributed by atoms with Crippen LogP contribution in [0.5, 0.6) is 0 Å². The molecule has 1 aromatic carbocycles. The summed E-state index contributed by atoms with van der Waals surface area (Å²) in [6.07, 6.45) is 4.05. The topological polar surface area (TPSA) is 55.4 Å². The number of amides is 1. The Bertz CT molecular complexity index is 802. The van der Waals surface area contributed by atoms with Gasteiger partial charge in [-0.25, -0.2) is 4.79 Å². The van der Waals surface area contributed by atoms with E-state index in [0.717, 1.165) is 40.6 Å². The maximum Gasteiger partial charge on any atom is 0.341 e. The Balaban J connectivity index is 1.71. The molecule has 0 unspecified atom stereocenters. The number of anilines is 1. The predicted octanol–water partition coefficient (Wildman–Crippen LogP) is 5.30. The zero-order valence-electron chi connectivity index (χ0n) is 14.5. The van der Waals surface area contributed by atoms with Gasteiger partial charge in [-0.15, -0.1) is 23.1 Å². The van der Waals surface area contributed by atoms with E-state index in [1.807, 2.05) is 24.3 Å². The predicted molar refractivity (Wildman–Crippen MR) is 110 cm³/mol. The van der Waals surface area contributed by atoms with Gasteiger partial charge in [0.15, 0.2) is 0 Å². The van der Waals surface area contributed by atoms with Gasteiger partial charge in [0.1, 0.15) is 5.00 Å². The van der Waals surface area contributed by atoms with E-state index in [4.69, 9.17) is 4.74 Å². The second-order valence-corrected chi connectivity index (χ2v) is 9.00. The summed E-state index contributed by atoms with van der Waals surface area (Å²) in [4.78, 5) is 27.1. The summed E-state index contributed by atoms with van der Waals surface area (Å²) < 4.78 is 6.23. The molecule has 138 valence electrons. The SMILES string of the molecule is CCOC(=O)c1c(NC(=O)CSc2ccc(Br)cc2)sc2c1CCCC2. The van der Waals surface area contributed by atoms with Crippen LogP contribution in [-0.4, -0.2) is 24.2 Å². The van der Waals surface area contributed by atoms with Crippen molar-refractivity contribution >= 4 is 55.9 Å². The van der Waals surface area contributed by atoms with Crippen LogP contribution in [-0.2, 0) is 22.4 Å². The van der Waals surface area contributed by atoms with E-state index >= 15 is 0 Å². The van der Waals surface area contributed by atoms with Crippen molar-refractivity contribution in [2.24, 2.45) is 0 Å². The highest BCUT2D eigenvalue weighted by atomic mass is 79.9. The van der Waals surface area contributed by atoms with Crippen LogP contribution >= 0.6 is 39.0 Å². The molecule has 26 heavy (non-hydrogen) atoms. The fourth-order valence-electron chi connectivity index (χ4n) is 2.92. The van der Waals surface area contributed by atoms with Crippen molar-refractivity contribution in [3.63, 3.8) is 0 Å². The molecule has 0 bridgehead atoms. The largest absolute Gasteiger partial charge is 0.462 e. The van der Waals surface area contributed by atoms with E-state index in [2.05, 4.69) is 21.2 Å². The molecule has 1 aliphatic rings. The molecule has 1 heterocycles. The summed E-state index contributed by atoms with van der Waals surface area (Å²) in [6, 6.07) is 7.84. The van der Waals surface area contributed by atoms with E-state index in [-0.39, 0.29) is 11.9 Å². The summed E-state index contributed by atoms with van der Waals surface area (Å²) in [5.41, 5.74) is 1.63. The van der Waals surface area contributed by atoms with Gasteiger partial charge in [0.05, 0.1) is 17.9 Å². The number of carbonyl (C=O) groups is 2. The molecule has 0 spiro atoms. The second kappa shape index (κ2) is 9.06. The van der Waals surface area contributed by atoms with Crippen LogP contribution in [0.1, 0.15) is 40.6 Å². The number of thiophene rings is 1. The minimum atomic E-state index is -0.331. The molecule has 3 rings (SSSR count). The number of fused-ring (bicyclic) bond motifs is 1. The number of esters is 1. The summed E-state index contributed by atoms with van der Waals surface area (Å²) in [7, 11) is 0. The van der Waals surface area contributed by atoms with Gasteiger partial charge >= 0.3 is 5.97 Å². The molecule has 7 heteroatoms. The lowest BCUT2D eigenvalue weighted by molar-refractivity contribution is -0.113. The Morgan fingerprint density at radius 2 is 1.96 bits per heavy atom. The van der Waals surface area contributed by atoms with Gasteiger partial charge in [-0.3, -0.25) is 4.79 Å². The van der Waals surface area contributed by atoms with Crippen molar-refractivity contribution in [1.82, 2.24) is 0 Å². The van der Waals surface area contributed by atoms with Crippen molar-refractivity contribution in [3.05, 3.63) is 44.7 Å². The van der Waals surface area contributed by atoms with E-state index in [0.29, 0.717) is 22.9 Å². The standard InChI is InChI=1S/C19H20BrNO3S2/c1-2-24-19(23)17-14-5-3-4-6-15(14)26-18(17)21-16(22)11-25-13-9-7-12(20)8-10-13/h7-10H,2-6,11H2,1H3,(H,21,22). The Labute approximate surface area is 169 Å². The maximum atomic E-state index is 12.4. The van der Waals surface area contributed by atoms with Crippen LogP contribution in [0.25, 0.3) is 0 Å². The molecule has 0 atom stereocenters. The van der Waals surface area contributed by atoms with E-state index in [1.54, 1.807) is 6.92 Å². The van der Waals surface area contributed by atoms with E-state index < -0.39 is 0 Å². The first-order valence-corrected chi connectivity index (χ1v) is 11.2. The van der Waals surface area contributed by atoms with Gasteiger partial charge in [-0.05, 0) is 62.4 Å². The molecule has 0 aliphatic heterocycles. The molecule has 1 aromatic heterocycles. The van der Waals surface area contributed by atoms with Crippen LogP contribution in [0.4, 0.5) is 5.00 Å². The highest BCUT2D eigenvalue weighted by Crippen LogP contribution is 2.38. The summed E-state index contributed by atoms with van der Waals surface area (Å²) in [6.45, 7) is 2.13. The van der Waals surface area contributed by atoms with Gasteiger partial charge < -0.3 is 10.1 Å². The Hall–Kier alpha value is -1.31. The van der Waals surface area contributed by atoms with E-state index in [9.17, 15) is 9.59 Å². The third-order valence-electron chi connectivity index (χ3n) is 4.09. The number of hydrogen-bond donors (Lipinski definition) is 1. The molecule has 4 nitrogen and oxygen atoms in total. The Kier molecular flexibility index (Phi) is 6.78. The highest BCUT2D eigenvalue weighted by Gasteiger charge is 2.27. The molecule has 1 aliphatic carbocycles. The first-order chi connectivity index (χ1) is 12.6. The third kappa shape index (κ3) is 4.69. The molecular formula is C19H20BrNO3S2. The number of hydrogen-bond acceptors (Lipinski definition) is 5. The normalized spacial score (nSPS) is 13.2. The molecule has 1 amide bonds. The summed E-state index contributed by atoms with van der Waals surface area (Å²) in [5, 5.41) is 3.57. The minimum absolute atomic E-state index is 0.109. The number of rotatable bonds is 6. The van der Waals surface area contributed by atoms with Crippen molar-refractivity contribution in [2.45, 2.75) is 37.5 Å². The lowest BCUT2D eigenvalue weighted by atomic mass is 9.95. The first-order valence-electron chi connectivity index (χ1n) is 8.58. The molecule has 0 fully saturated rings. The zero-order chi connectivity index (χ0) is 18.5. The third-order valence-corrected chi connectivity index (χ3v) is 6.84. The maximum absolute atomic E-state index is 12.4. The van der Waals surface area contributed by atoms with Crippen LogP contribution < -0.4 is 5.32 Å². The Morgan fingerprint density at radius 3 is 2.69 bits per heavy atom. The fourth-order valence-corrected chi connectivity index (χ4v) is 5.17.